The van der Waals surface area contributed by atoms with Crippen molar-refractivity contribution in [2.75, 3.05) is 6.54 Å². The number of carbonyl (C=O) groups is 1. The van der Waals surface area contributed by atoms with Gasteiger partial charge in [0.25, 0.3) is 5.91 Å². The molecule has 1 saturated heterocycles. The summed E-state index contributed by atoms with van der Waals surface area (Å²) < 4.78 is 20.9. The van der Waals surface area contributed by atoms with Crippen molar-refractivity contribution in [2.24, 2.45) is 0 Å². The molecule has 0 saturated carbocycles. The number of likely N-dealkylation sites (tertiary alicyclic amines) is 1. The maximum atomic E-state index is 14.0. The molecule has 1 aliphatic heterocycles. The van der Waals surface area contributed by atoms with Crippen LogP contribution in [-0.2, 0) is 13.1 Å². The quantitative estimate of drug-likeness (QED) is 0.838. The van der Waals surface area contributed by atoms with Crippen LogP contribution in [0.4, 0.5) is 4.39 Å². The van der Waals surface area contributed by atoms with Crippen molar-refractivity contribution in [3.05, 3.63) is 28.9 Å². The maximum absolute atomic E-state index is 14.0. The minimum Gasteiger partial charge on any atom is -0.361 e. The molecule has 0 bridgehead atoms. The van der Waals surface area contributed by atoms with Gasteiger partial charge in [-0.15, -0.1) is 5.10 Å². The zero-order valence-electron chi connectivity index (χ0n) is 15.6. The molecule has 1 fully saturated rings. The first-order valence-electron chi connectivity index (χ1n) is 8.84. The summed E-state index contributed by atoms with van der Waals surface area (Å²) in [4.78, 5) is 14.1. The highest BCUT2D eigenvalue weighted by molar-refractivity contribution is 5.91. The predicted molar refractivity (Wildman–Crippen MR) is 92.3 cm³/mol. The van der Waals surface area contributed by atoms with Crippen LogP contribution in [0.3, 0.4) is 0 Å². The van der Waals surface area contributed by atoms with E-state index in [1.165, 1.54) is 0 Å². The van der Waals surface area contributed by atoms with Crippen LogP contribution in [0.15, 0.2) is 10.7 Å². The molecule has 1 amide bonds. The number of rotatable bonds is 6. The van der Waals surface area contributed by atoms with Gasteiger partial charge in [-0.1, -0.05) is 10.4 Å². The summed E-state index contributed by atoms with van der Waals surface area (Å²) in [5.74, 6) is 0.505. The number of halogens is 1. The van der Waals surface area contributed by atoms with Crippen molar-refractivity contribution in [3.63, 3.8) is 0 Å². The lowest BCUT2D eigenvalue weighted by atomic mass is 10.1. The fourth-order valence-electron chi connectivity index (χ4n) is 3.28. The van der Waals surface area contributed by atoms with Gasteiger partial charge < -0.3 is 9.84 Å². The number of aromatic nitrogens is 4. The second-order valence-corrected chi connectivity index (χ2v) is 7.17. The molecular weight excluding hydrogens is 339 g/mol. The van der Waals surface area contributed by atoms with Crippen molar-refractivity contribution in [2.45, 2.75) is 65.5 Å². The van der Waals surface area contributed by atoms with Gasteiger partial charge >= 0.3 is 0 Å². The third kappa shape index (κ3) is 4.09. The lowest BCUT2D eigenvalue weighted by Gasteiger charge is -2.23. The third-order valence-electron chi connectivity index (χ3n) is 4.61. The summed E-state index contributed by atoms with van der Waals surface area (Å²) in [5.41, 5.74) is 2.10. The van der Waals surface area contributed by atoms with Gasteiger partial charge in [0.1, 0.15) is 11.9 Å². The van der Waals surface area contributed by atoms with E-state index in [0.29, 0.717) is 26.1 Å². The molecule has 0 spiro atoms. The number of hydrogen-bond acceptors (Lipinski definition) is 6. The highest BCUT2D eigenvalue weighted by Gasteiger charge is 2.33. The SMILES string of the molecule is Cc1noc(C)c1CN1CC(F)CC1Cn1cc(C(=O)NC(C)C)nn1. The van der Waals surface area contributed by atoms with Gasteiger partial charge in [-0.05, 0) is 34.1 Å². The average molecular weight is 364 g/mol. The molecule has 0 radical (unpaired) electrons. The van der Waals surface area contributed by atoms with Crippen LogP contribution in [0.5, 0.6) is 0 Å². The summed E-state index contributed by atoms with van der Waals surface area (Å²) in [6, 6.07) is 0.00160. The molecule has 3 rings (SSSR count). The van der Waals surface area contributed by atoms with Crippen LogP contribution in [0.1, 0.15) is 47.8 Å². The Morgan fingerprint density at radius 2 is 2.23 bits per heavy atom. The van der Waals surface area contributed by atoms with Crippen molar-refractivity contribution in [1.82, 2.24) is 30.4 Å². The molecule has 26 heavy (non-hydrogen) atoms. The van der Waals surface area contributed by atoms with E-state index in [1.54, 1.807) is 10.9 Å². The smallest absolute Gasteiger partial charge is 0.273 e. The Morgan fingerprint density at radius 3 is 2.88 bits per heavy atom. The van der Waals surface area contributed by atoms with Gasteiger partial charge in [-0.2, -0.15) is 0 Å². The number of aryl methyl sites for hydroxylation is 2. The number of amides is 1. The van der Waals surface area contributed by atoms with Crippen molar-refractivity contribution >= 4 is 5.91 Å². The van der Waals surface area contributed by atoms with E-state index in [-0.39, 0.29) is 23.7 Å². The second-order valence-electron chi connectivity index (χ2n) is 7.17. The van der Waals surface area contributed by atoms with E-state index in [9.17, 15) is 9.18 Å². The van der Waals surface area contributed by atoms with Crippen LogP contribution in [0.2, 0.25) is 0 Å². The molecule has 0 aromatic carbocycles. The van der Waals surface area contributed by atoms with E-state index in [2.05, 4.69) is 25.7 Å². The maximum Gasteiger partial charge on any atom is 0.273 e. The molecule has 2 unspecified atom stereocenters. The first-order chi connectivity index (χ1) is 12.3. The monoisotopic (exact) mass is 364 g/mol. The van der Waals surface area contributed by atoms with Crippen LogP contribution >= 0.6 is 0 Å². The third-order valence-corrected chi connectivity index (χ3v) is 4.61. The Hall–Kier alpha value is -2.29. The predicted octanol–water partition coefficient (Wildman–Crippen LogP) is 1.63. The van der Waals surface area contributed by atoms with Crippen LogP contribution < -0.4 is 5.32 Å². The molecule has 2 aromatic heterocycles. The largest absolute Gasteiger partial charge is 0.361 e. The van der Waals surface area contributed by atoms with E-state index in [1.807, 2.05) is 27.7 Å². The number of nitrogens with one attached hydrogen (secondary N) is 1. The summed E-state index contributed by atoms with van der Waals surface area (Å²) >= 11 is 0. The Kier molecular flexibility index (Phi) is 5.36. The van der Waals surface area contributed by atoms with Gasteiger partial charge in [0.05, 0.1) is 18.4 Å². The molecule has 2 atom stereocenters. The Labute approximate surface area is 151 Å². The van der Waals surface area contributed by atoms with E-state index >= 15 is 0 Å². The number of carbonyl (C=O) groups excluding carboxylic acids is 1. The molecule has 0 aliphatic carbocycles. The normalized spacial score (nSPS) is 20.8. The molecule has 3 heterocycles. The van der Waals surface area contributed by atoms with Crippen molar-refractivity contribution < 1.29 is 13.7 Å². The zero-order chi connectivity index (χ0) is 18.8. The zero-order valence-corrected chi connectivity index (χ0v) is 15.6. The fourth-order valence-corrected chi connectivity index (χ4v) is 3.28. The van der Waals surface area contributed by atoms with E-state index < -0.39 is 6.17 Å². The Morgan fingerprint density at radius 1 is 1.46 bits per heavy atom. The topological polar surface area (TPSA) is 89.1 Å². The average Bonchev–Trinajstić information content (AvgIpc) is 3.23. The Balaban J connectivity index is 1.68. The second kappa shape index (κ2) is 7.53. The van der Waals surface area contributed by atoms with Crippen molar-refractivity contribution in [3.8, 4) is 0 Å². The van der Waals surface area contributed by atoms with Crippen molar-refractivity contribution in [1.29, 1.82) is 0 Å². The van der Waals surface area contributed by atoms with Gasteiger partial charge in [0.2, 0.25) is 0 Å². The first kappa shape index (κ1) is 18.5. The number of alkyl halides is 1. The van der Waals surface area contributed by atoms with Gasteiger partial charge in [-0.25, -0.2) is 4.39 Å². The standard InChI is InChI=1S/C17H25FN6O2/c1-10(2)19-17(25)16-9-24(22-20-16)7-14-5-13(18)6-23(14)8-15-11(3)21-26-12(15)4/h9-10,13-14H,5-8H2,1-4H3,(H,19,25). The van der Waals surface area contributed by atoms with Crippen LogP contribution in [0.25, 0.3) is 0 Å². The summed E-state index contributed by atoms with van der Waals surface area (Å²) in [7, 11) is 0. The summed E-state index contributed by atoms with van der Waals surface area (Å²) in [5, 5.41) is 14.7. The van der Waals surface area contributed by atoms with Gasteiger partial charge in [0.15, 0.2) is 5.69 Å². The van der Waals surface area contributed by atoms with Crippen LogP contribution in [0, 0.1) is 13.8 Å². The van der Waals surface area contributed by atoms with Crippen LogP contribution in [-0.4, -0.2) is 55.8 Å². The number of nitrogens with zero attached hydrogens (tertiary/aromatic N) is 5. The van der Waals surface area contributed by atoms with E-state index in [0.717, 1.165) is 17.0 Å². The number of hydrogen-bond donors (Lipinski definition) is 1. The molecule has 9 heteroatoms. The molecular formula is C17H25FN6O2. The highest BCUT2D eigenvalue weighted by Crippen LogP contribution is 2.26. The highest BCUT2D eigenvalue weighted by atomic mass is 19.1. The lowest BCUT2D eigenvalue weighted by molar-refractivity contribution is 0.0938. The van der Waals surface area contributed by atoms with E-state index in [4.69, 9.17) is 4.52 Å². The lowest BCUT2D eigenvalue weighted by Crippen LogP contribution is -2.33. The first-order valence-corrected chi connectivity index (χ1v) is 8.84. The minimum atomic E-state index is -0.882. The summed E-state index contributed by atoms with van der Waals surface area (Å²) in [6.45, 7) is 8.95. The molecule has 1 N–H and O–H groups in total. The van der Waals surface area contributed by atoms with Gasteiger partial charge in [-0.3, -0.25) is 14.4 Å². The van der Waals surface area contributed by atoms with Gasteiger partial charge in [0, 0.05) is 30.7 Å². The summed E-state index contributed by atoms with van der Waals surface area (Å²) in [6.07, 6.45) is 1.15. The minimum absolute atomic E-state index is 0.0265. The molecule has 2 aromatic rings. The molecule has 1 aliphatic rings. The Bertz CT molecular complexity index is 752. The molecule has 8 nitrogen and oxygen atoms in total. The fraction of sp³-hybridized carbons (Fsp3) is 0.647. The molecule has 142 valence electrons.